The molecule has 0 bridgehead atoms. The molecule has 0 aromatic heterocycles. The third-order valence-electron chi connectivity index (χ3n) is 2.95. The number of benzene rings is 1. The van der Waals surface area contributed by atoms with Crippen LogP contribution in [0.4, 0.5) is 5.69 Å². The van der Waals surface area contributed by atoms with Crippen LogP contribution in [-0.4, -0.2) is 43.1 Å². The summed E-state index contributed by atoms with van der Waals surface area (Å²) in [5.41, 5.74) is -0.0756. The minimum atomic E-state index is -3.48. The molecule has 0 aliphatic rings. The number of anilines is 1. The highest BCUT2D eigenvalue weighted by Gasteiger charge is 2.31. The maximum atomic E-state index is 12.1. The van der Waals surface area contributed by atoms with Crippen LogP contribution < -0.4 is 10.1 Å². The molecule has 6 nitrogen and oxygen atoms in total. The Morgan fingerprint density at radius 3 is 2.13 bits per heavy atom. The number of nitrogens with zero attached hydrogens (tertiary/aromatic N) is 1. The SMILES string of the molecule is CC(C)Oc1ccc(NC(=O)CN(C(C)(C)C)S(C)(=O)=O)cc1. The molecule has 1 aromatic carbocycles. The number of ether oxygens (including phenoxy) is 1. The van der Waals surface area contributed by atoms with E-state index in [-0.39, 0.29) is 18.6 Å². The summed E-state index contributed by atoms with van der Waals surface area (Å²) in [5.74, 6) is 0.327. The van der Waals surface area contributed by atoms with Gasteiger partial charge < -0.3 is 10.1 Å². The zero-order valence-corrected chi connectivity index (χ0v) is 15.4. The van der Waals surface area contributed by atoms with E-state index in [1.165, 1.54) is 4.31 Å². The lowest BCUT2D eigenvalue weighted by atomic mass is 10.1. The average molecular weight is 342 g/mol. The summed E-state index contributed by atoms with van der Waals surface area (Å²) in [6.07, 6.45) is 1.18. The van der Waals surface area contributed by atoms with Gasteiger partial charge in [0.15, 0.2) is 0 Å². The molecule has 1 aromatic rings. The molecule has 0 saturated carbocycles. The summed E-state index contributed by atoms with van der Waals surface area (Å²) in [6.45, 7) is 8.88. The minimum Gasteiger partial charge on any atom is -0.491 e. The van der Waals surface area contributed by atoms with Crippen molar-refractivity contribution in [3.05, 3.63) is 24.3 Å². The Morgan fingerprint density at radius 2 is 1.74 bits per heavy atom. The van der Waals surface area contributed by atoms with Crippen molar-refractivity contribution in [2.75, 3.05) is 18.1 Å². The van der Waals surface area contributed by atoms with E-state index in [9.17, 15) is 13.2 Å². The van der Waals surface area contributed by atoms with Crippen LogP contribution in [0.15, 0.2) is 24.3 Å². The van der Waals surface area contributed by atoms with E-state index in [4.69, 9.17) is 4.74 Å². The van der Waals surface area contributed by atoms with E-state index in [0.717, 1.165) is 6.26 Å². The van der Waals surface area contributed by atoms with Crippen LogP contribution >= 0.6 is 0 Å². The molecular weight excluding hydrogens is 316 g/mol. The molecule has 0 fully saturated rings. The summed E-state index contributed by atoms with van der Waals surface area (Å²) in [5, 5.41) is 2.70. The molecule has 0 radical (unpaired) electrons. The Balaban J connectivity index is 2.76. The highest BCUT2D eigenvalue weighted by molar-refractivity contribution is 7.88. The van der Waals surface area contributed by atoms with E-state index in [1.807, 2.05) is 13.8 Å². The molecule has 0 aliphatic heterocycles. The van der Waals surface area contributed by atoms with Gasteiger partial charge in [-0.3, -0.25) is 4.79 Å². The van der Waals surface area contributed by atoms with E-state index < -0.39 is 15.6 Å². The van der Waals surface area contributed by atoms with Crippen molar-refractivity contribution in [1.82, 2.24) is 4.31 Å². The molecule has 0 spiro atoms. The number of amides is 1. The van der Waals surface area contributed by atoms with Crippen molar-refractivity contribution >= 4 is 21.6 Å². The van der Waals surface area contributed by atoms with Crippen molar-refractivity contribution in [3.63, 3.8) is 0 Å². The number of hydrogen-bond acceptors (Lipinski definition) is 4. The molecule has 0 heterocycles. The Hall–Kier alpha value is -1.60. The summed E-state index contributed by atoms with van der Waals surface area (Å²) in [6, 6.07) is 6.95. The highest BCUT2D eigenvalue weighted by atomic mass is 32.2. The fraction of sp³-hybridized carbons (Fsp3) is 0.562. The molecule has 1 N–H and O–H groups in total. The maximum Gasteiger partial charge on any atom is 0.239 e. The monoisotopic (exact) mass is 342 g/mol. The zero-order chi connectivity index (χ0) is 17.8. The normalized spacial score (nSPS) is 12.5. The number of sulfonamides is 1. The largest absolute Gasteiger partial charge is 0.491 e. The van der Waals surface area contributed by atoms with E-state index in [0.29, 0.717) is 11.4 Å². The minimum absolute atomic E-state index is 0.0746. The Labute approximate surface area is 138 Å². The van der Waals surface area contributed by atoms with Crippen LogP contribution in [0.25, 0.3) is 0 Å². The van der Waals surface area contributed by atoms with Gasteiger partial charge in [0.25, 0.3) is 0 Å². The van der Waals surface area contributed by atoms with Crippen LogP contribution in [0.2, 0.25) is 0 Å². The molecule has 130 valence electrons. The van der Waals surface area contributed by atoms with Gasteiger partial charge in [-0.2, -0.15) is 4.31 Å². The van der Waals surface area contributed by atoms with Gasteiger partial charge in [0.1, 0.15) is 5.75 Å². The first-order valence-corrected chi connectivity index (χ1v) is 9.29. The van der Waals surface area contributed by atoms with Crippen LogP contribution in [-0.2, 0) is 14.8 Å². The highest BCUT2D eigenvalue weighted by Crippen LogP contribution is 2.19. The fourth-order valence-corrected chi connectivity index (χ4v) is 3.42. The maximum absolute atomic E-state index is 12.1. The van der Waals surface area contributed by atoms with Crippen LogP contribution in [0.3, 0.4) is 0 Å². The third-order valence-corrected chi connectivity index (χ3v) is 4.42. The summed E-state index contributed by atoms with van der Waals surface area (Å²) >= 11 is 0. The molecule has 23 heavy (non-hydrogen) atoms. The van der Waals surface area contributed by atoms with Gasteiger partial charge in [-0.05, 0) is 58.9 Å². The van der Waals surface area contributed by atoms with Gasteiger partial charge in [-0.1, -0.05) is 0 Å². The number of hydrogen-bond donors (Lipinski definition) is 1. The summed E-state index contributed by atoms with van der Waals surface area (Å²) < 4.78 is 30.4. The number of rotatable bonds is 6. The second-order valence-corrected chi connectivity index (χ2v) is 8.59. The molecule has 1 rings (SSSR count). The second-order valence-electron chi connectivity index (χ2n) is 6.68. The van der Waals surface area contributed by atoms with Gasteiger partial charge in [-0.15, -0.1) is 0 Å². The molecule has 0 saturated heterocycles. The zero-order valence-electron chi connectivity index (χ0n) is 14.6. The lowest BCUT2D eigenvalue weighted by molar-refractivity contribution is -0.117. The van der Waals surface area contributed by atoms with Crippen molar-refractivity contribution in [2.24, 2.45) is 0 Å². The van der Waals surface area contributed by atoms with Crippen molar-refractivity contribution < 1.29 is 17.9 Å². The predicted octanol–water partition coefficient (Wildman–Crippen LogP) is 2.47. The Morgan fingerprint density at radius 1 is 1.22 bits per heavy atom. The first kappa shape index (κ1) is 19.4. The van der Waals surface area contributed by atoms with Crippen molar-refractivity contribution in [1.29, 1.82) is 0 Å². The molecule has 0 atom stereocenters. The Kier molecular flexibility index (Phi) is 6.18. The van der Waals surface area contributed by atoms with Crippen molar-refractivity contribution in [3.8, 4) is 5.75 Å². The number of carbonyl (C=O) groups is 1. The van der Waals surface area contributed by atoms with E-state index in [2.05, 4.69) is 5.32 Å². The average Bonchev–Trinajstić information content (AvgIpc) is 2.35. The van der Waals surface area contributed by atoms with Crippen LogP contribution in [0.1, 0.15) is 34.6 Å². The predicted molar refractivity (Wildman–Crippen MR) is 92.1 cm³/mol. The molecular formula is C16H26N2O4S. The van der Waals surface area contributed by atoms with Gasteiger partial charge in [0.05, 0.1) is 18.9 Å². The van der Waals surface area contributed by atoms with Crippen molar-refractivity contribution in [2.45, 2.75) is 46.3 Å². The van der Waals surface area contributed by atoms with Gasteiger partial charge in [-0.25, -0.2) is 8.42 Å². The molecule has 0 unspecified atom stereocenters. The molecule has 0 aliphatic carbocycles. The van der Waals surface area contributed by atoms with Gasteiger partial charge >= 0.3 is 0 Å². The first-order chi connectivity index (χ1) is 10.4. The number of carbonyl (C=O) groups excluding carboxylic acids is 1. The fourth-order valence-electron chi connectivity index (χ4n) is 2.07. The van der Waals surface area contributed by atoms with E-state index >= 15 is 0 Å². The van der Waals surface area contributed by atoms with Gasteiger partial charge in [0.2, 0.25) is 15.9 Å². The standard InChI is InChI=1S/C16H26N2O4S/c1-12(2)22-14-9-7-13(8-10-14)17-15(19)11-18(16(3,4)5)23(6,20)21/h7-10,12H,11H2,1-6H3,(H,17,19). The number of nitrogens with one attached hydrogen (secondary N) is 1. The lowest BCUT2D eigenvalue weighted by Gasteiger charge is -2.32. The van der Waals surface area contributed by atoms with Crippen LogP contribution in [0.5, 0.6) is 5.75 Å². The summed E-state index contributed by atoms with van der Waals surface area (Å²) in [4.78, 5) is 12.1. The second kappa shape index (κ2) is 7.31. The summed E-state index contributed by atoms with van der Waals surface area (Å²) in [7, 11) is -3.48. The van der Waals surface area contributed by atoms with E-state index in [1.54, 1.807) is 45.0 Å². The molecule has 7 heteroatoms. The third kappa shape index (κ3) is 6.58. The quantitative estimate of drug-likeness (QED) is 0.862. The lowest BCUT2D eigenvalue weighted by Crippen LogP contribution is -2.48. The molecule has 1 amide bonds. The van der Waals surface area contributed by atoms with Gasteiger partial charge in [0, 0.05) is 11.2 Å². The first-order valence-electron chi connectivity index (χ1n) is 7.44. The van der Waals surface area contributed by atoms with Crippen LogP contribution in [0, 0.1) is 0 Å². The smallest absolute Gasteiger partial charge is 0.239 e. The topological polar surface area (TPSA) is 75.7 Å². The Bertz CT molecular complexity index is 631.